The highest BCUT2D eigenvalue weighted by atomic mass is 19.1. The first kappa shape index (κ1) is 26.7. The summed E-state index contributed by atoms with van der Waals surface area (Å²) in [6, 6.07) is -1.04. The zero-order valence-corrected chi connectivity index (χ0v) is 20.1. The van der Waals surface area contributed by atoms with Gasteiger partial charge in [0.1, 0.15) is 18.6 Å². The zero-order valence-electron chi connectivity index (χ0n) is 20.1. The van der Waals surface area contributed by atoms with Crippen LogP contribution in [0.25, 0.3) is 0 Å². The third-order valence-electron chi connectivity index (χ3n) is 7.69. The average molecular weight is 467 g/mol. The third-order valence-corrected chi connectivity index (χ3v) is 7.69. The van der Waals surface area contributed by atoms with Crippen molar-refractivity contribution in [3.05, 3.63) is 11.6 Å². The Bertz CT molecular complexity index is 717. The number of fused-ring (bicyclic) bond motifs is 1. The molecule has 9 unspecified atom stereocenters. The second kappa shape index (κ2) is 11.3. The molecule has 12 heteroatoms. The quantitative estimate of drug-likeness (QED) is 0.303. The summed E-state index contributed by atoms with van der Waals surface area (Å²) in [6.45, 7) is 2.50. The van der Waals surface area contributed by atoms with Crippen LogP contribution in [0, 0.1) is 11.8 Å². The van der Waals surface area contributed by atoms with E-state index in [1.807, 2.05) is 0 Å². The van der Waals surface area contributed by atoms with E-state index < -0.39 is 42.0 Å². The van der Waals surface area contributed by atoms with Crippen LogP contribution in [0.2, 0.25) is 11.4 Å². The first-order valence-corrected chi connectivity index (χ1v) is 12.5. The lowest BCUT2D eigenvalue weighted by Gasteiger charge is -2.46. The van der Waals surface area contributed by atoms with Crippen LogP contribution in [0.1, 0.15) is 25.7 Å². The van der Waals surface area contributed by atoms with Crippen molar-refractivity contribution in [3.63, 3.8) is 0 Å². The second-order valence-corrected chi connectivity index (χ2v) is 10.5. The molecule has 8 radical (unpaired) electrons. The van der Waals surface area contributed by atoms with E-state index in [9.17, 15) is 4.39 Å². The number of nitrogens with zero attached hydrogens (tertiary/aromatic N) is 1. The Hall–Kier alpha value is -0.380. The molecule has 4 aliphatic rings. The molecule has 3 fully saturated rings. The third kappa shape index (κ3) is 6.30. The van der Waals surface area contributed by atoms with Crippen LogP contribution in [-0.4, -0.2) is 113 Å². The van der Waals surface area contributed by atoms with Gasteiger partial charge in [0.2, 0.25) is 0 Å². The lowest BCUT2D eigenvalue weighted by atomic mass is 9.43. The number of rotatable bonds is 7. The van der Waals surface area contributed by atoms with Gasteiger partial charge >= 0.3 is 0 Å². The summed E-state index contributed by atoms with van der Waals surface area (Å²) in [6.07, 6.45) is 1.90. The lowest BCUT2D eigenvalue weighted by Crippen LogP contribution is -2.74. The monoisotopic (exact) mass is 467 g/mol. The molecule has 9 atom stereocenters. The van der Waals surface area contributed by atoms with Crippen molar-refractivity contribution >= 4 is 31.4 Å². The van der Waals surface area contributed by atoms with Crippen LogP contribution in [0.15, 0.2) is 11.6 Å². The van der Waals surface area contributed by atoms with E-state index in [0.29, 0.717) is 18.9 Å². The highest BCUT2D eigenvalue weighted by molar-refractivity contribution is 6.59. The van der Waals surface area contributed by atoms with Crippen molar-refractivity contribution in [2.75, 3.05) is 33.3 Å². The minimum atomic E-state index is -1.48. The molecule has 6 nitrogen and oxygen atoms in total. The molecule has 0 aromatic heterocycles. The summed E-state index contributed by atoms with van der Waals surface area (Å²) in [5.41, 5.74) is 1.16. The molecule has 3 heterocycles. The van der Waals surface area contributed by atoms with Crippen LogP contribution >= 0.6 is 0 Å². The fourth-order valence-corrected chi connectivity index (χ4v) is 5.91. The Labute approximate surface area is 208 Å². The molecule has 180 valence electrons. The number of hydrogen-bond donors (Lipinski definition) is 4. The smallest absolute Gasteiger partial charge is 0.143 e. The Kier molecular flexibility index (Phi) is 8.90. The van der Waals surface area contributed by atoms with Gasteiger partial charge in [-0.25, -0.2) is 8.78 Å². The van der Waals surface area contributed by atoms with Gasteiger partial charge in [-0.3, -0.25) is 16.0 Å². The summed E-state index contributed by atoms with van der Waals surface area (Å²) >= 11 is 0. The van der Waals surface area contributed by atoms with Gasteiger partial charge in [-0.15, -0.1) is 5.11 Å². The molecule has 2 saturated heterocycles. The SMILES string of the molecule is [B]CC1NC(NC2CC3CCOC3C(C3=CCN(C)CCC3)C2F)NC(NCC([B])([B])[B])C1F. The minimum absolute atomic E-state index is 0.00394. The molecule has 0 bridgehead atoms. The fourth-order valence-electron chi connectivity index (χ4n) is 5.91. The van der Waals surface area contributed by atoms with E-state index >= 15 is 4.39 Å². The van der Waals surface area contributed by atoms with Crippen LogP contribution in [-0.2, 0) is 4.74 Å². The normalized spacial score (nSPS) is 42.1. The van der Waals surface area contributed by atoms with Crippen LogP contribution < -0.4 is 21.3 Å². The van der Waals surface area contributed by atoms with Crippen molar-refractivity contribution in [1.29, 1.82) is 0 Å². The topological polar surface area (TPSA) is 60.6 Å². The molecule has 0 aromatic carbocycles. The first-order chi connectivity index (χ1) is 16.2. The summed E-state index contributed by atoms with van der Waals surface area (Å²) in [7, 11) is 24.8. The van der Waals surface area contributed by atoms with E-state index in [2.05, 4.69) is 39.3 Å². The van der Waals surface area contributed by atoms with E-state index in [0.717, 1.165) is 37.9 Å². The highest BCUT2D eigenvalue weighted by Crippen LogP contribution is 2.44. The van der Waals surface area contributed by atoms with Crippen molar-refractivity contribution in [3.8, 4) is 0 Å². The highest BCUT2D eigenvalue weighted by Gasteiger charge is 2.50. The molecule has 34 heavy (non-hydrogen) atoms. The number of alkyl halides is 2. The predicted molar refractivity (Wildman–Crippen MR) is 134 cm³/mol. The molecular formula is C22H35B4F2N5O. The fraction of sp³-hybridized carbons (Fsp3) is 0.909. The molecular weight excluding hydrogens is 432 g/mol. The number of likely N-dealkylation sites (N-methyl/N-ethyl adjacent to an activating group) is 1. The predicted octanol–water partition coefficient (Wildman–Crippen LogP) is -0.375. The van der Waals surface area contributed by atoms with Crippen molar-refractivity contribution in [1.82, 2.24) is 26.2 Å². The molecule has 0 spiro atoms. The van der Waals surface area contributed by atoms with E-state index in [4.69, 9.17) is 36.1 Å². The zero-order chi connectivity index (χ0) is 24.5. The molecule has 0 aromatic rings. The molecule has 1 aliphatic carbocycles. The summed E-state index contributed by atoms with van der Waals surface area (Å²) in [5.74, 6) is 0.0230. The van der Waals surface area contributed by atoms with Gasteiger partial charge in [0.25, 0.3) is 0 Å². The van der Waals surface area contributed by atoms with E-state index in [-0.39, 0.29) is 24.9 Å². The number of halogens is 2. The lowest BCUT2D eigenvalue weighted by molar-refractivity contribution is -0.0283. The van der Waals surface area contributed by atoms with Gasteiger partial charge in [-0.05, 0) is 51.7 Å². The summed E-state index contributed by atoms with van der Waals surface area (Å²) in [5, 5.41) is 11.1. The van der Waals surface area contributed by atoms with Crippen molar-refractivity contribution < 1.29 is 13.5 Å². The molecule has 1 saturated carbocycles. The number of nitrogens with one attached hydrogen (secondary N) is 4. The number of hydrogen-bond acceptors (Lipinski definition) is 6. The molecule has 4 rings (SSSR count). The molecule has 0 amide bonds. The second-order valence-electron chi connectivity index (χ2n) is 10.5. The minimum Gasteiger partial charge on any atom is -0.377 e. The van der Waals surface area contributed by atoms with Crippen molar-refractivity contribution in [2.45, 2.75) is 80.1 Å². The summed E-state index contributed by atoms with van der Waals surface area (Å²) in [4.78, 5) is 2.26. The van der Waals surface area contributed by atoms with Crippen LogP contribution in [0.3, 0.4) is 0 Å². The standard InChI is InChI=1S/C22H35B4F2N5O/c1-33-6-2-3-12(4-7-33)16-17(27)14(9-13-5-8-34-19(13)16)30-21-31-15(10-23)18(28)20(32-21)29-11-22(24,25)26/h4,13-21,29-32H,2-3,5-11H2,1H3. The number of ether oxygens (including phenoxy) is 1. The van der Waals surface area contributed by atoms with Gasteiger partial charge < -0.3 is 15.0 Å². The van der Waals surface area contributed by atoms with Crippen LogP contribution in [0.4, 0.5) is 8.78 Å². The maximum Gasteiger partial charge on any atom is 0.143 e. The van der Waals surface area contributed by atoms with Gasteiger partial charge in [0, 0.05) is 31.2 Å². The molecule has 3 aliphatic heterocycles. The largest absolute Gasteiger partial charge is 0.377 e. The van der Waals surface area contributed by atoms with E-state index in [1.165, 1.54) is 0 Å². The molecule has 4 N–H and O–H groups in total. The Morgan fingerprint density at radius 1 is 1.24 bits per heavy atom. The Morgan fingerprint density at radius 3 is 2.76 bits per heavy atom. The van der Waals surface area contributed by atoms with Gasteiger partial charge in [-0.2, -0.15) is 0 Å². The van der Waals surface area contributed by atoms with Gasteiger partial charge in [0.05, 0.1) is 43.7 Å². The summed E-state index contributed by atoms with van der Waals surface area (Å²) < 4.78 is 37.2. The average Bonchev–Trinajstić information content (AvgIpc) is 3.13. The maximum atomic E-state index is 16.2. The van der Waals surface area contributed by atoms with Gasteiger partial charge in [-0.1, -0.05) is 18.0 Å². The first-order valence-electron chi connectivity index (χ1n) is 12.5. The van der Waals surface area contributed by atoms with Gasteiger partial charge in [0.15, 0.2) is 0 Å². The van der Waals surface area contributed by atoms with Crippen molar-refractivity contribution in [2.24, 2.45) is 11.8 Å². The van der Waals surface area contributed by atoms with E-state index in [1.54, 1.807) is 0 Å². The Morgan fingerprint density at radius 2 is 2.03 bits per heavy atom. The Balaban J connectivity index is 1.47. The van der Waals surface area contributed by atoms with Crippen LogP contribution in [0.5, 0.6) is 0 Å². The maximum absolute atomic E-state index is 16.2.